The van der Waals surface area contributed by atoms with Crippen molar-refractivity contribution in [2.75, 3.05) is 0 Å². The standard InChI is InChI=1S/C11H15BrClNO2S2/c1-7-4-2-3-5-9(7)14-18(15,16)10-6-8(13)11(12)17-10/h6-7,9,14H,2-5H2,1H3. The largest absolute Gasteiger partial charge is 0.250 e. The molecule has 1 aliphatic carbocycles. The van der Waals surface area contributed by atoms with Crippen LogP contribution in [0.15, 0.2) is 14.1 Å². The van der Waals surface area contributed by atoms with E-state index in [4.69, 9.17) is 11.6 Å². The third-order valence-electron chi connectivity index (χ3n) is 3.31. The molecule has 0 spiro atoms. The molecule has 1 aromatic heterocycles. The highest BCUT2D eigenvalue weighted by molar-refractivity contribution is 9.11. The highest BCUT2D eigenvalue weighted by Gasteiger charge is 2.28. The highest BCUT2D eigenvalue weighted by Crippen LogP contribution is 2.35. The second kappa shape index (κ2) is 5.79. The van der Waals surface area contributed by atoms with Gasteiger partial charge in [-0.05, 0) is 40.8 Å². The van der Waals surface area contributed by atoms with Gasteiger partial charge in [0.25, 0.3) is 0 Å². The highest BCUT2D eigenvalue weighted by atomic mass is 79.9. The number of rotatable bonds is 3. The number of nitrogens with one attached hydrogen (secondary N) is 1. The lowest BCUT2D eigenvalue weighted by Crippen LogP contribution is -2.40. The van der Waals surface area contributed by atoms with Crippen LogP contribution in [0.5, 0.6) is 0 Å². The van der Waals surface area contributed by atoms with Gasteiger partial charge in [-0.2, -0.15) is 0 Å². The Balaban J connectivity index is 2.16. The van der Waals surface area contributed by atoms with E-state index in [1.54, 1.807) is 0 Å². The first kappa shape index (κ1) is 14.8. The van der Waals surface area contributed by atoms with E-state index >= 15 is 0 Å². The van der Waals surface area contributed by atoms with E-state index in [1.807, 2.05) is 0 Å². The Hall–Kier alpha value is 0.380. The molecule has 7 heteroatoms. The Kier molecular flexibility index (Phi) is 4.75. The molecule has 1 saturated carbocycles. The monoisotopic (exact) mass is 371 g/mol. The summed E-state index contributed by atoms with van der Waals surface area (Å²) in [5, 5.41) is 0.442. The summed E-state index contributed by atoms with van der Waals surface area (Å²) >= 11 is 10.3. The summed E-state index contributed by atoms with van der Waals surface area (Å²) < 4.78 is 28.2. The lowest BCUT2D eigenvalue weighted by Gasteiger charge is -2.28. The third kappa shape index (κ3) is 3.28. The molecule has 0 radical (unpaired) electrons. The second-order valence-electron chi connectivity index (χ2n) is 4.68. The number of halogens is 2. The van der Waals surface area contributed by atoms with E-state index < -0.39 is 10.0 Å². The zero-order valence-electron chi connectivity index (χ0n) is 9.95. The van der Waals surface area contributed by atoms with Crippen LogP contribution in [0.3, 0.4) is 0 Å². The number of sulfonamides is 1. The van der Waals surface area contributed by atoms with E-state index in [-0.39, 0.29) is 10.3 Å². The molecule has 1 N–H and O–H groups in total. The fourth-order valence-electron chi connectivity index (χ4n) is 2.21. The second-order valence-corrected chi connectivity index (χ2v) is 9.39. The van der Waals surface area contributed by atoms with Crippen molar-refractivity contribution in [3.05, 3.63) is 14.9 Å². The molecule has 0 aliphatic heterocycles. The van der Waals surface area contributed by atoms with Crippen LogP contribution in [0.25, 0.3) is 0 Å². The molecule has 1 heterocycles. The summed E-state index contributed by atoms with van der Waals surface area (Å²) in [5.74, 6) is 0.396. The summed E-state index contributed by atoms with van der Waals surface area (Å²) in [6.07, 6.45) is 4.28. The van der Waals surface area contributed by atoms with Crippen LogP contribution in [-0.2, 0) is 10.0 Å². The molecule has 0 amide bonds. The molecular formula is C11H15BrClNO2S2. The maximum atomic E-state index is 12.2. The van der Waals surface area contributed by atoms with Crippen LogP contribution in [0.2, 0.25) is 5.02 Å². The maximum Gasteiger partial charge on any atom is 0.250 e. The third-order valence-corrected chi connectivity index (χ3v) is 7.74. The van der Waals surface area contributed by atoms with Gasteiger partial charge in [0, 0.05) is 6.04 Å². The summed E-state index contributed by atoms with van der Waals surface area (Å²) in [4.78, 5) is 0. The smallest absolute Gasteiger partial charge is 0.207 e. The average molecular weight is 373 g/mol. The summed E-state index contributed by atoms with van der Waals surface area (Å²) in [5.41, 5.74) is 0. The molecule has 0 bridgehead atoms. The van der Waals surface area contributed by atoms with Crippen molar-refractivity contribution in [1.82, 2.24) is 4.72 Å². The Labute approximate surface area is 125 Å². The van der Waals surface area contributed by atoms with E-state index in [1.165, 1.54) is 12.5 Å². The van der Waals surface area contributed by atoms with Gasteiger partial charge in [0.05, 0.1) is 8.81 Å². The normalized spacial score (nSPS) is 25.3. The fourth-order valence-corrected chi connectivity index (χ4v) is 6.00. The lowest BCUT2D eigenvalue weighted by atomic mass is 9.87. The van der Waals surface area contributed by atoms with Gasteiger partial charge in [0.1, 0.15) is 4.21 Å². The molecule has 0 aromatic carbocycles. The first-order valence-electron chi connectivity index (χ1n) is 5.87. The Morgan fingerprint density at radius 1 is 1.44 bits per heavy atom. The molecule has 2 atom stereocenters. The van der Waals surface area contributed by atoms with Crippen LogP contribution in [-0.4, -0.2) is 14.5 Å². The summed E-state index contributed by atoms with van der Waals surface area (Å²) in [7, 11) is -3.44. The summed E-state index contributed by atoms with van der Waals surface area (Å²) in [6.45, 7) is 2.10. The topological polar surface area (TPSA) is 46.2 Å². The van der Waals surface area contributed by atoms with Gasteiger partial charge in [-0.3, -0.25) is 0 Å². The molecule has 1 aromatic rings. The first-order chi connectivity index (χ1) is 8.40. The fraction of sp³-hybridized carbons (Fsp3) is 0.636. The minimum Gasteiger partial charge on any atom is -0.207 e. The van der Waals surface area contributed by atoms with Gasteiger partial charge >= 0.3 is 0 Å². The molecule has 1 fully saturated rings. The molecular weight excluding hydrogens is 358 g/mol. The van der Waals surface area contributed by atoms with Crippen molar-refractivity contribution in [3.63, 3.8) is 0 Å². The van der Waals surface area contributed by atoms with Crippen molar-refractivity contribution < 1.29 is 8.42 Å². The van der Waals surface area contributed by atoms with E-state index in [0.717, 1.165) is 30.6 Å². The Bertz CT molecular complexity index is 510. The molecule has 0 saturated heterocycles. The van der Waals surface area contributed by atoms with E-state index in [9.17, 15) is 8.42 Å². The Morgan fingerprint density at radius 3 is 2.67 bits per heavy atom. The minimum atomic E-state index is -3.44. The maximum absolute atomic E-state index is 12.2. The van der Waals surface area contributed by atoms with Crippen molar-refractivity contribution in [3.8, 4) is 0 Å². The summed E-state index contributed by atoms with van der Waals surface area (Å²) in [6, 6.07) is 1.54. The van der Waals surface area contributed by atoms with Crippen LogP contribution in [0, 0.1) is 5.92 Å². The lowest BCUT2D eigenvalue weighted by molar-refractivity contribution is 0.310. The van der Waals surface area contributed by atoms with E-state index in [2.05, 4.69) is 27.6 Å². The predicted octanol–water partition coefficient (Wildman–Crippen LogP) is 4.02. The van der Waals surface area contributed by atoms with Gasteiger partial charge in [-0.15, -0.1) is 11.3 Å². The van der Waals surface area contributed by atoms with Crippen molar-refractivity contribution in [1.29, 1.82) is 0 Å². The number of hydrogen-bond acceptors (Lipinski definition) is 3. The van der Waals surface area contributed by atoms with Gasteiger partial charge in [0.2, 0.25) is 10.0 Å². The zero-order valence-corrected chi connectivity index (χ0v) is 13.9. The van der Waals surface area contributed by atoms with Crippen LogP contribution < -0.4 is 4.72 Å². The van der Waals surface area contributed by atoms with Crippen molar-refractivity contribution in [2.45, 2.75) is 42.9 Å². The van der Waals surface area contributed by atoms with E-state index in [0.29, 0.717) is 14.7 Å². The number of hydrogen-bond donors (Lipinski definition) is 1. The van der Waals surface area contributed by atoms with Crippen LogP contribution in [0.1, 0.15) is 32.6 Å². The molecule has 2 rings (SSSR count). The van der Waals surface area contributed by atoms with Crippen LogP contribution in [0.4, 0.5) is 0 Å². The minimum absolute atomic E-state index is 0.0448. The Morgan fingerprint density at radius 2 is 2.11 bits per heavy atom. The molecule has 3 nitrogen and oxygen atoms in total. The van der Waals surface area contributed by atoms with Crippen LogP contribution >= 0.6 is 38.9 Å². The quantitative estimate of drug-likeness (QED) is 0.871. The molecule has 18 heavy (non-hydrogen) atoms. The molecule has 2 unspecified atom stereocenters. The zero-order chi connectivity index (χ0) is 13.3. The molecule has 102 valence electrons. The van der Waals surface area contributed by atoms with Gasteiger partial charge < -0.3 is 0 Å². The first-order valence-corrected chi connectivity index (χ1v) is 9.34. The predicted molar refractivity (Wildman–Crippen MR) is 78.8 cm³/mol. The van der Waals surface area contributed by atoms with Gasteiger partial charge in [0.15, 0.2) is 0 Å². The molecule has 1 aliphatic rings. The van der Waals surface area contributed by atoms with Crippen molar-refractivity contribution in [2.24, 2.45) is 5.92 Å². The number of thiophene rings is 1. The van der Waals surface area contributed by atoms with Gasteiger partial charge in [-0.25, -0.2) is 13.1 Å². The van der Waals surface area contributed by atoms with Gasteiger partial charge in [-0.1, -0.05) is 31.4 Å². The SMILES string of the molecule is CC1CCCCC1NS(=O)(=O)c1cc(Cl)c(Br)s1. The average Bonchev–Trinajstić information content (AvgIpc) is 2.63. The van der Waals surface area contributed by atoms with Crippen molar-refractivity contribution >= 4 is 48.9 Å².